The van der Waals surface area contributed by atoms with Gasteiger partial charge in [-0.15, -0.1) is 0 Å². The minimum absolute atomic E-state index is 0.652. The zero-order valence-corrected chi connectivity index (χ0v) is 9.85. The predicted octanol–water partition coefficient (Wildman–Crippen LogP) is 4.10. The van der Waals surface area contributed by atoms with Gasteiger partial charge in [-0.3, -0.25) is 0 Å². The van der Waals surface area contributed by atoms with Gasteiger partial charge in [-0.2, -0.15) is 0 Å². The van der Waals surface area contributed by atoms with Crippen molar-refractivity contribution in [2.45, 2.75) is 53.9 Å². The molecule has 13 heavy (non-hydrogen) atoms. The van der Waals surface area contributed by atoms with Crippen molar-refractivity contribution in [1.29, 1.82) is 0 Å². The van der Waals surface area contributed by atoms with Crippen LogP contribution in [0.25, 0.3) is 0 Å². The molecule has 2 saturated carbocycles. The molecule has 2 aliphatic carbocycles. The lowest BCUT2D eigenvalue weighted by Gasteiger charge is -2.23. The fourth-order valence-electron chi connectivity index (χ4n) is 4.15. The van der Waals surface area contributed by atoms with E-state index in [1.807, 2.05) is 0 Å². The third-order valence-corrected chi connectivity index (χ3v) is 5.65. The maximum atomic E-state index is 2.51. The Morgan fingerprint density at radius 1 is 1.31 bits per heavy atom. The zero-order valence-electron chi connectivity index (χ0n) is 9.85. The summed E-state index contributed by atoms with van der Waals surface area (Å²) < 4.78 is 0. The Bertz CT molecular complexity index is 216. The monoisotopic (exact) mass is 180 g/mol. The van der Waals surface area contributed by atoms with Crippen molar-refractivity contribution in [3.8, 4) is 0 Å². The minimum Gasteiger partial charge on any atom is -0.0651 e. The summed E-state index contributed by atoms with van der Waals surface area (Å²) in [6.45, 7) is 12.3. The zero-order chi connectivity index (χ0) is 9.85. The summed E-state index contributed by atoms with van der Waals surface area (Å²) >= 11 is 0. The van der Waals surface area contributed by atoms with E-state index in [1.165, 1.54) is 19.3 Å². The van der Waals surface area contributed by atoms with Gasteiger partial charge in [0, 0.05) is 0 Å². The second-order valence-electron chi connectivity index (χ2n) is 6.20. The molecule has 0 N–H and O–H groups in total. The molecule has 0 heterocycles. The van der Waals surface area contributed by atoms with E-state index >= 15 is 0 Å². The van der Waals surface area contributed by atoms with Gasteiger partial charge in [0.25, 0.3) is 0 Å². The minimum atomic E-state index is 0.652. The Kier molecular flexibility index (Phi) is 1.85. The van der Waals surface area contributed by atoms with Gasteiger partial charge < -0.3 is 0 Å². The maximum Gasteiger partial charge on any atom is -0.0235 e. The molecule has 0 saturated heterocycles. The second kappa shape index (κ2) is 2.52. The molecule has 0 aromatic carbocycles. The molecule has 0 aliphatic heterocycles. The Morgan fingerprint density at radius 2 is 1.92 bits per heavy atom. The van der Waals surface area contributed by atoms with E-state index in [2.05, 4.69) is 34.6 Å². The van der Waals surface area contributed by atoms with E-state index in [9.17, 15) is 0 Å². The molecule has 0 bridgehead atoms. The summed E-state index contributed by atoms with van der Waals surface area (Å²) in [6, 6.07) is 0. The molecule has 4 atom stereocenters. The first-order valence-electron chi connectivity index (χ1n) is 5.95. The normalized spacial score (nSPS) is 48.7. The highest BCUT2D eigenvalue weighted by Crippen LogP contribution is 2.79. The van der Waals surface area contributed by atoms with Crippen LogP contribution < -0.4 is 0 Å². The fourth-order valence-corrected chi connectivity index (χ4v) is 4.15. The molecule has 76 valence electrons. The van der Waals surface area contributed by atoms with Crippen LogP contribution in [-0.2, 0) is 0 Å². The fraction of sp³-hybridized carbons (Fsp3) is 1.00. The lowest BCUT2D eigenvalue weighted by Crippen LogP contribution is -2.15. The molecule has 0 heteroatoms. The van der Waals surface area contributed by atoms with E-state index in [4.69, 9.17) is 0 Å². The highest BCUT2D eigenvalue weighted by atomic mass is 14.8. The molecule has 0 spiro atoms. The predicted molar refractivity (Wildman–Crippen MR) is 57.6 cm³/mol. The van der Waals surface area contributed by atoms with Crippen LogP contribution in [0.2, 0.25) is 0 Å². The number of fused-ring (bicyclic) bond motifs is 1. The maximum absolute atomic E-state index is 2.51. The molecule has 0 amide bonds. The summed E-state index contributed by atoms with van der Waals surface area (Å²) in [5.74, 6) is 3.02. The Hall–Kier alpha value is 0. The van der Waals surface area contributed by atoms with Crippen LogP contribution in [-0.4, -0.2) is 0 Å². The molecule has 2 aliphatic rings. The standard InChI is InChI=1S/C13H24/c1-6-9(2)10-7-8-13(5)11(10)12(13,3)4/h9-11H,6-8H2,1-5H3. The van der Waals surface area contributed by atoms with Crippen LogP contribution in [0.5, 0.6) is 0 Å². The average Bonchev–Trinajstić information content (AvgIpc) is 2.47. The van der Waals surface area contributed by atoms with Gasteiger partial charge in [-0.05, 0) is 41.4 Å². The van der Waals surface area contributed by atoms with Crippen molar-refractivity contribution >= 4 is 0 Å². The first-order valence-corrected chi connectivity index (χ1v) is 5.95. The summed E-state index contributed by atoms with van der Waals surface area (Å²) in [6.07, 6.45) is 4.35. The smallest absolute Gasteiger partial charge is 0.0235 e. The third kappa shape index (κ3) is 0.980. The van der Waals surface area contributed by atoms with E-state index < -0.39 is 0 Å². The highest BCUT2D eigenvalue weighted by Gasteiger charge is 2.72. The topological polar surface area (TPSA) is 0 Å². The molecular formula is C13H24. The molecule has 0 aromatic rings. The molecule has 4 unspecified atom stereocenters. The summed E-state index contributed by atoms with van der Waals surface area (Å²) in [5.41, 5.74) is 1.36. The van der Waals surface area contributed by atoms with Crippen LogP contribution in [0, 0.1) is 28.6 Å². The number of rotatable bonds is 2. The molecule has 0 nitrogen and oxygen atoms in total. The largest absolute Gasteiger partial charge is 0.0651 e. The summed E-state index contributed by atoms with van der Waals surface area (Å²) in [5, 5.41) is 0. The third-order valence-electron chi connectivity index (χ3n) is 5.65. The molecule has 2 fully saturated rings. The van der Waals surface area contributed by atoms with E-state index in [0.717, 1.165) is 17.8 Å². The highest BCUT2D eigenvalue weighted by molar-refractivity contribution is 5.20. The van der Waals surface area contributed by atoms with E-state index in [1.54, 1.807) is 0 Å². The van der Waals surface area contributed by atoms with Gasteiger partial charge in [-0.1, -0.05) is 41.0 Å². The van der Waals surface area contributed by atoms with Crippen molar-refractivity contribution in [3.05, 3.63) is 0 Å². The molecular weight excluding hydrogens is 156 g/mol. The van der Waals surface area contributed by atoms with Gasteiger partial charge in [0.1, 0.15) is 0 Å². The van der Waals surface area contributed by atoms with Crippen molar-refractivity contribution < 1.29 is 0 Å². The number of hydrogen-bond donors (Lipinski definition) is 0. The second-order valence-corrected chi connectivity index (χ2v) is 6.20. The summed E-state index contributed by atoms with van der Waals surface area (Å²) in [4.78, 5) is 0. The van der Waals surface area contributed by atoms with Gasteiger partial charge >= 0.3 is 0 Å². The first-order chi connectivity index (χ1) is 5.95. The van der Waals surface area contributed by atoms with Crippen molar-refractivity contribution in [2.24, 2.45) is 28.6 Å². The quantitative estimate of drug-likeness (QED) is 0.600. The first kappa shape index (κ1) is 9.55. The van der Waals surface area contributed by atoms with Gasteiger partial charge in [-0.25, -0.2) is 0 Å². The van der Waals surface area contributed by atoms with Crippen molar-refractivity contribution in [1.82, 2.24) is 0 Å². The molecule has 0 radical (unpaired) electrons. The van der Waals surface area contributed by atoms with Crippen LogP contribution >= 0.6 is 0 Å². The van der Waals surface area contributed by atoms with Crippen LogP contribution in [0.1, 0.15) is 53.9 Å². The van der Waals surface area contributed by atoms with Gasteiger partial charge in [0.15, 0.2) is 0 Å². The van der Waals surface area contributed by atoms with Crippen molar-refractivity contribution in [2.75, 3.05) is 0 Å². The Balaban J connectivity index is 2.13. The molecule has 2 rings (SSSR count). The van der Waals surface area contributed by atoms with Gasteiger partial charge in [0.2, 0.25) is 0 Å². The Morgan fingerprint density at radius 3 is 2.31 bits per heavy atom. The average molecular weight is 180 g/mol. The van der Waals surface area contributed by atoms with Crippen LogP contribution in [0.4, 0.5) is 0 Å². The van der Waals surface area contributed by atoms with E-state index in [0.29, 0.717) is 10.8 Å². The molecule has 0 aromatic heterocycles. The van der Waals surface area contributed by atoms with Crippen LogP contribution in [0.15, 0.2) is 0 Å². The lowest BCUT2D eigenvalue weighted by atomic mass is 9.82. The van der Waals surface area contributed by atoms with Crippen molar-refractivity contribution in [3.63, 3.8) is 0 Å². The SMILES string of the molecule is CCC(C)C1CCC2(C)C1C2(C)C. The van der Waals surface area contributed by atoms with Crippen LogP contribution in [0.3, 0.4) is 0 Å². The van der Waals surface area contributed by atoms with E-state index in [-0.39, 0.29) is 0 Å². The summed E-state index contributed by atoms with van der Waals surface area (Å²) in [7, 11) is 0. The number of hydrogen-bond acceptors (Lipinski definition) is 0. The Labute approximate surface area is 83.1 Å². The van der Waals surface area contributed by atoms with Gasteiger partial charge in [0.05, 0.1) is 0 Å². The lowest BCUT2D eigenvalue weighted by molar-refractivity contribution is 0.267.